The Morgan fingerprint density at radius 3 is 2.90 bits per heavy atom. The van der Waals surface area contributed by atoms with Gasteiger partial charge >= 0.3 is 0 Å². The van der Waals surface area contributed by atoms with E-state index < -0.39 is 0 Å². The van der Waals surface area contributed by atoms with Gasteiger partial charge in [-0.15, -0.1) is 0 Å². The van der Waals surface area contributed by atoms with E-state index >= 15 is 0 Å². The smallest absolute Gasteiger partial charge is 0.252 e. The van der Waals surface area contributed by atoms with Crippen LogP contribution in [0.4, 0.5) is 5.95 Å². The molecule has 0 aliphatic rings. The van der Waals surface area contributed by atoms with Crippen LogP contribution in [0.2, 0.25) is 0 Å². The van der Waals surface area contributed by atoms with E-state index in [0.717, 1.165) is 24.1 Å². The van der Waals surface area contributed by atoms with Gasteiger partial charge in [-0.3, -0.25) is 9.78 Å². The zero-order chi connectivity index (χ0) is 14.9. The van der Waals surface area contributed by atoms with E-state index in [2.05, 4.69) is 20.5 Å². The molecular formula is C16H18N4O. The summed E-state index contributed by atoms with van der Waals surface area (Å²) in [7, 11) is 0. The summed E-state index contributed by atoms with van der Waals surface area (Å²) in [4.78, 5) is 18.3. The maximum atomic E-state index is 11.5. The van der Waals surface area contributed by atoms with Crippen LogP contribution in [0.1, 0.15) is 24.6 Å². The molecule has 5 nitrogen and oxygen atoms in total. The molecule has 5 heteroatoms. The van der Waals surface area contributed by atoms with Crippen LogP contribution in [0.15, 0.2) is 52.4 Å². The number of rotatable bonds is 6. The largest absolute Gasteiger partial charge is 0.291 e. The molecule has 0 saturated carbocycles. The zero-order valence-corrected chi connectivity index (χ0v) is 11.9. The molecule has 0 bridgehead atoms. The average molecular weight is 282 g/mol. The maximum absolute atomic E-state index is 11.5. The molecular weight excluding hydrogens is 264 g/mol. The SMILES string of the molecule is CCCc1cc(=O)[nH]c(N/N=C/C=C\c2ccccc2)n1. The number of aromatic amines is 1. The van der Waals surface area contributed by atoms with Crippen LogP contribution in [0, 0.1) is 0 Å². The number of hydrogen-bond donors (Lipinski definition) is 2. The Balaban J connectivity index is 1.95. The summed E-state index contributed by atoms with van der Waals surface area (Å²) in [6.07, 6.45) is 7.08. The average Bonchev–Trinajstić information content (AvgIpc) is 2.48. The van der Waals surface area contributed by atoms with Gasteiger partial charge in [-0.05, 0) is 18.1 Å². The van der Waals surface area contributed by atoms with E-state index in [1.54, 1.807) is 6.21 Å². The van der Waals surface area contributed by atoms with Crippen molar-refractivity contribution < 1.29 is 0 Å². The number of aryl methyl sites for hydroxylation is 1. The number of aromatic nitrogens is 2. The molecule has 1 heterocycles. The summed E-state index contributed by atoms with van der Waals surface area (Å²) in [5.74, 6) is 0.357. The van der Waals surface area contributed by atoms with E-state index in [9.17, 15) is 4.79 Å². The number of hydrogen-bond acceptors (Lipinski definition) is 4. The number of H-pyrrole nitrogens is 1. The van der Waals surface area contributed by atoms with Crippen molar-refractivity contribution in [1.29, 1.82) is 0 Å². The lowest BCUT2D eigenvalue weighted by Gasteiger charge is -2.01. The molecule has 0 unspecified atom stereocenters. The Bertz CT molecular complexity index is 674. The molecule has 108 valence electrons. The first kappa shape index (κ1) is 14.7. The van der Waals surface area contributed by atoms with Gasteiger partial charge in [-0.2, -0.15) is 5.10 Å². The topological polar surface area (TPSA) is 70.1 Å². The Hall–Kier alpha value is -2.69. The van der Waals surface area contributed by atoms with Crippen LogP contribution < -0.4 is 11.0 Å². The van der Waals surface area contributed by atoms with Crippen molar-refractivity contribution in [2.24, 2.45) is 5.10 Å². The van der Waals surface area contributed by atoms with Gasteiger partial charge in [0.05, 0.1) is 0 Å². The minimum Gasteiger partial charge on any atom is -0.291 e. The van der Waals surface area contributed by atoms with Crippen LogP contribution in [0.3, 0.4) is 0 Å². The van der Waals surface area contributed by atoms with Gasteiger partial charge in [0, 0.05) is 18.0 Å². The molecule has 0 radical (unpaired) electrons. The molecule has 2 rings (SSSR count). The minimum absolute atomic E-state index is 0.175. The monoisotopic (exact) mass is 282 g/mol. The van der Waals surface area contributed by atoms with Gasteiger partial charge in [0.1, 0.15) is 0 Å². The number of nitrogens with zero attached hydrogens (tertiary/aromatic N) is 2. The van der Waals surface area contributed by atoms with E-state index in [-0.39, 0.29) is 5.56 Å². The van der Waals surface area contributed by atoms with Gasteiger partial charge in [0.25, 0.3) is 5.56 Å². The lowest BCUT2D eigenvalue weighted by atomic mass is 10.2. The molecule has 0 spiro atoms. The van der Waals surface area contributed by atoms with Crippen LogP contribution in [-0.2, 0) is 6.42 Å². The first-order valence-corrected chi connectivity index (χ1v) is 6.89. The quantitative estimate of drug-likeness (QED) is 0.632. The van der Waals surface area contributed by atoms with Gasteiger partial charge in [-0.1, -0.05) is 49.8 Å². The fraction of sp³-hybridized carbons (Fsp3) is 0.188. The number of allylic oxidation sites excluding steroid dienone is 1. The highest BCUT2D eigenvalue weighted by Crippen LogP contribution is 2.01. The van der Waals surface area contributed by atoms with Crippen LogP contribution in [0.5, 0.6) is 0 Å². The van der Waals surface area contributed by atoms with Crippen molar-refractivity contribution in [2.45, 2.75) is 19.8 Å². The molecule has 2 N–H and O–H groups in total. The highest BCUT2D eigenvalue weighted by Gasteiger charge is 1.98. The van der Waals surface area contributed by atoms with Crippen molar-refractivity contribution >= 4 is 18.2 Å². The predicted octanol–water partition coefficient (Wildman–Crippen LogP) is 2.83. The summed E-state index contributed by atoms with van der Waals surface area (Å²) >= 11 is 0. The Morgan fingerprint density at radius 1 is 1.33 bits per heavy atom. The van der Waals surface area contributed by atoms with Gasteiger partial charge in [0.15, 0.2) is 0 Å². The first-order chi connectivity index (χ1) is 10.3. The standard InChI is InChI=1S/C16H18N4O/c1-2-7-14-12-15(21)19-16(18-14)20-17-11-6-10-13-8-4-3-5-9-13/h3-6,8-12H,2,7H2,1H3,(H2,18,19,20,21)/b10-6-,17-11+. The molecule has 1 aromatic heterocycles. The third kappa shape index (κ3) is 5.06. The summed E-state index contributed by atoms with van der Waals surface area (Å²) < 4.78 is 0. The molecule has 0 saturated heterocycles. The highest BCUT2D eigenvalue weighted by atomic mass is 16.1. The zero-order valence-electron chi connectivity index (χ0n) is 11.9. The Labute approximate surface area is 123 Å². The fourth-order valence-electron chi connectivity index (χ4n) is 1.80. The van der Waals surface area contributed by atoms with Crippen LogP contribution in [0.25, 0.3) is 6.08 Å². The van der Waals surface area contributed by atoms with Crippen molar-refractivity contribution in [3.63, 3.8) is 0 Å². The predicted molar refractivity (Wildman–Crippen MR) is 86.4 cm³/mol. The molecule has 1 aromatic carbocycles. The number of benzene rings is 1. The lowest BCUT2D eigenvalue weighted by Crippen LogP contribution is -2.11. The molecule has 21 heavy (non-hydrogen) atoms. The second kappa shape index (κ2) is 7.79. The van der Waals surface area contributed by atoms with Gasteiger partial charge < -0.3 is 0 Å². The molecule has 2 aromatic rings. The molecule has 0 atom stereocenters. The molecule has 0 amide bonds. The first-order valence-electron chi connectivity index (χ1n) is 6.89. The third-order valence-corrected chi connectivity index (χ3v) is 2.72. The van der Waals surface area contributed by atoms with Crippen molar-refractivity contribution in [3.8, 4) is 0 Å². The van der Waals surface area contributed by atoms with E-state index in [1.807, 2.05) is 49.4 Å². The van der Waals surface area contributed by atoms with Crippen LogP contribution >= 0.6 is 0 Å². The van der Waals surface area contributed by atoms with Crippen molar-refractivity contribution in [3.05, 3.63) is 64.1 Å². The van der Waals surface area contributed by atoms with E-state index in [1.165, 1.54) is 6.07 Å². The maximum Gasteiger partial charge on any atom is 0.252 e. The van der Waals surface area contributed by atoms with E-state index in [0.29, 0.717) is 5.95 Å². The number of hydrazone groups is 1. The van der Waals surface area contributed by atoms with Gasteiger partial charge in [0.2, 0.25) is 5.95 Å². The summed E-state index contributed by atoms with van der Waals surface area (Å²) in [5, 5.41) is 4.00. The Morgan fingerprint density at radius 2 is 2.14 bits per heavy atom. The lowest BCUT2D eigenvalue weighted by molar-refractivity contribution is 0.867. The second-order valence-electron chi connectivity index (χ2n) is 4.50. The van der Waals surface area contributed by atoms with Crippen molar-refractivity contribution in [2.75, 3.05) is 5.43 Å². The summed E-state index contributed by atoms with van der Waals surface area (Å²) in [6, 6.07) is 11.4. The van der Waals surface area contributed by atoms with E-state index in [4.69, 9.17) is 0 Å². The highest BCUT2D eigenvalue weighted by molar-refractivity contribution is 5.78. The number of anilines is 1. The van der Waals surface area contributed by atoms with Gasteiger partial charge in [-0.25, -0.2) is 10.4 Å². The Kier molecular flexibility index (Phi) is 5.46. The summed E-state index contributed by atoms with van der Waals surface area (Å²) in [5.41, 5.74) is 4.41. The van der Waals surface area contributed by atoms with Crippen LogP contribution in [-0.4, -0.2) is 16.2 Å². The molecule has 0 aliphatic carbocycles. The van der Waals surface area contributed by atoms with Crippen molar-refractivity contribution in [1.82, 2.24) is 9.97 Å². The normalized spacial score (nSPS) is 11.3. The molecule has 0 fully saturated rings. The fourth-order valence-corrected chi connectivity index (χ4v) is 1.80. The third-order valence-electron chi connectivity index (χ3n) is 2.72. The number of nitrogens with one attached hydrogen (secondary N) is 2. The second-order valence-corrected chi connectivity index (χ2v) is 4.50. The summed E-state index contributed by atoms with van der Waals surface area (Å²) in [6.45, 7) is 2.04. The molecule has 0 aliphatic heterocycles. The minimum atomic E-state index is -0.175.